The van der Waals surface area contributed by atoms with Crippen molar-refractivity contribution in [1.29, 1.82) is 0 Å². The van der Waals surface area contributed by atoms with E-state index in [0.29, 0.717) is 34.4 Å². The molecule has 0 atom stereocenters. The average Bonchev–Trinajstić information content (AvgIpc) is 3.84. The highest BCUT2D eigenvalue weighted by atomic mass is 35.5. The van der Waals surface area contributed by atoms with Crippen LogP contribution in [-0.2, 0) is 9.68 Å². The Morgan fingerprint density at radius 1 is 0.466 bits per heavy atom. The highest BCUT2D eigenvalue weighted by Crippen LogP contribution is 2.43. The summed E-state index contributed by atoms with van der Waals surface area (Å²) < 4.78 is 0. The minimum atomic E-state index is -0.454. The second kappa shape index (κ2) is 17.5. The summed E-state index contributed by atoms with van der Waals surface area (Å²) >= 11 is 0. The second-order valence-corrected chi connectivity index (χ2v) is 12.2. The molecule has 2 aliphatic heterocycles. The lowest BCUT2D eigenvalue weighted by Gasteiger charge is -2.34. The van der Waals surface area contributed by atoms with Crippen LogP contribution in [0.5, 0.6) is 0 Å². The molecule has 0 N–H and O–H groups in total. The number of hydrogen-bond donors (Lipinski definition) is 0. The van der Waals surface area contributed by atoms with Crippen LogP contribution < -0.4 is 20.3 Å². The Labute approximate surface area is 344 Å². The van der Waals surface area contributed by atoms with E-state index in [9.17, 15) is 20.2 Å². The van der Waals surface area contributed by atoms with Gasteiger partial charge in [0.1, 0.15) is 0 Å². The van der Waals surface area contributed by atoms with Crippen molar-refractivity contribution < 1.29 is 19.5 Å². The number of non-ortho nitro benzene ring substituents is 2. The number of halogens is 2. The van der Waals surface area contributed by atoms with Crippen LogP contribution in [-0.4, -0.2) is 46.3 Å². The minimum absolute atomic E-state index is 0. The molecule has 0 aliphatic carbocycles. The van der Waals surface area contributed by atoms with Crippen molar-refractivity contribution in [3.05, 3.63) is 189 Å². The zero-order valence-electron chi connectivity index (χ0n) is 30.7. The topological polar surface area (TPSA) is 149 Å². The fourth-order valence-electron chi connectivity index (χ4n) is 6.44. The van der Waals surface area contributed by atoms with E-state index in [2.05, 4.69) is 0 Å². The van der Waals surface area contributed by atoms with E-state index in [4.69, 9.17) is 19.9 Å². The normalized spacial score (nSPS) is 14.1. The van der Waals surface area contributed by atoms with Crippen molar-refractivity contribution in [3.63, 3.8) is 0 Å². The molecule has 0 fully saturated rings. The molecule has 0 unspecified atom stereocenters. The molecule has 0 bridgehead atoms. The summed E-state index contributed by atoms with van der Waals surface area (Å²) in [4.78, 5) is 34.1. The van der Waals surface area contributed by atoms with Crippen LogP contribution in [0, 0.1) is 20.2 Å². The molecular weight excluding hydrogens is 787 g/mol. The van der Waals surface area contributed by atoms with Crippen molar-refractivity contribution in [3.8, 4) is 11.1 Å². The van der Waals surface area contributed by atoms with Crippen LogP contribution >= 0.6 is 24.8 Å². The fourth-order valence-corrected chi connectivity index (χ4v) is 6.44. The summed E-state index contributed by atoms with van der Waals surface area (Å²) in [5.74, 6) is 1.04. The highest BCUT2D eigenvalue weighted by molar-refractivity contribution is 6.15. The molecule has 0 saturated heterocycles. The maximum absolute atomic E-state index is 11.5. The van der Waals surface area contributed by atoms with Gasteiger partial charge in [0.05, 0.1) is 46.8 Å². The van der Waals surface area contributed by atoms with Crippen molar-refractivity contribution >= 4 is 70.6 Å². The van der Waals surface area contributed by atoms with Gasteiger partial charge in [-0.3, -0.25) is 29.9 Å². The van der Waals surface area contributed by atoms with E-state index in [0.717, 1.165) is 22.3 Å². The number of hydrazone groups is 2. The first kappa shape index (κ1) is 40.7. The molecule has 0 aromatic heterocycles. The number of hydrazine groups is 4. The first-order valence-electron chi connectivity index (χ1n) is 17.2. The number of rotatable bonds is 11. The number of para-hydroxylation sites is 2. The molecule has 6 aromatic rings. The Morgan fingerprint density at radius 2 is 0.793 bits per heavy atom. The predicted octanol–water partition coefficient (Wildman–Crippen LogP) is 8.78. The summed E-state index contributed by atoms with van der Waals surface area (Å²) in [6, 6.07) is 46.9. The number of amidine groups is 2. The summed E-state index contributed by atoms with van der Waals surface area (Å²) in [7, 11) is 3.03. The summed E-state index contributed by atoms with van der Waals surface area (Å²) in [6.07, 6.45) is 0. The molecule has 6 aromatic carbocycles. The van der Waals surface area contributed by atoms with Gasteiger partial charge in [0.25, 0.3) is 11.4 Å². The number of anilines is 4. The quantitative estimate of drug-likeness (QED) is 0.0909. The molecular formula is C40H34Cl2N10O6. The lowest BCUT2D eigenvalue weighted by atomic mass is 10.00. The zero-order chi connectivity index (χ0) is 38.8. The van der Waals surface area contributed by atoms with E-state index >= 15 is 0 Å². The number of nitro groups is 2. The third kappa shape index (κ3) is 7.49. The van der Waals surface area contributed by atoms with Crippen LogP contribution in [0.3, 0.4) is 0 Å². The third-order valence-electron chi connectivity index (χ3n) is 8.97. The Morgan fingerprint density at radius 3 is 1.12 bits per heavy atom. The fraction of sp³-hybridized carbons (Fsp3) is 0.0500. The van der Waals surface area contributed by atoms with Crippen molar-refractivity contribution in [1.82, 2.24) is 10.6 Å². The van der Waals surface area contributed by atoms with Gasteiger partial charge < -0.3 is 0 Å². The number of benzene rings is 6. The molecule has 0 saturated carbocycles. The molecule has 58 heavy (non-hydrogen) atoms. The van der Waals surface area contributed by atoms with Crippen LogP contribution in [0.15, 0.2) is 168 Å². The molecule has 8 rings (SSSR count). The van der Waals surface area contributed by atoms with Crippen LogP contribution in [0.2, 0.25) is 0 Å². The summed E-state index contributed by atoms with van der Waals surface area (Å²) in [5, 5.41) is 42.6. The van der Waals surface area contributed by atoms with E-state index in [1.54, 1.807) is 24.3 Å². The molecule has 0 spiro atoms. The highest BCUT2D eigenvalue weighted by Gasteiger charge is 2.40. The van der Waals surface area contributed by atoms with Crippen LogP contribution in [0.4, 0.5) is 34.1 Å². The van der Waals surface area contributed by atoms with Gasteiger partial charge in [-0.2, -0.15) is 0 Å². The van der Waals surface area contributed by atoms with Gasteiger partial charge >= 0.3 is 0 Å². The van der Waals surface area contributed by atoms with Crippen molar-refractivity contribution in [2.75, 3.05) is 34.5 Å². The maximum atomic E-state index is 11.5. The number of nitro benzene ring substituents is 2. The van der Waals surface area contributed by atoms with Crippen LogP contribution in [0.1, 0.15) is 11.1 Å². The predicted molar refractivity (Wildman–Crippen MR) is 226 cm³/mol. The molecule has 2 heterocycles. The largest absolute Gasteiger partial charge is 0.269 e. The monoisotopic (exact) mass is 820 g/mol. The van der Waals surface area contributed by atoms with E-state index in [1.807, 2.05) is 119 Å². The number of hydrogen-bond acceptors (Lipinski definition) is 14. The van der Waals surface area contributed by atoms with Gasteiger partial charge in [0.2, 0.25) is 0 Å². The zero-order valence-corrected chi connectivity index (χ0v) is 32.4. The Hall–Kier alpha value is -6.92. The molecule has 2 aliphatic rings. The van der Waals surface area contributed by atoms with E-state index < -0.39 is 9.85 Å². The van der Waals surface area contributed by atoms with Gasteiger partial charge in [-0.1, -0.05) is 97.1 Å². The molecule has 0 radical (unpaired) electrons. The first-order valence-corrected chi connectivity index (χ1v) is 17.2. The molecule has 0 amide bonds. The van der Waals surface area contributed by atoms with Gasteiger partial charge in [-0.15, -0.1) is 45.3 Å². The van der Waals surface area contributed by atoms with Crippen molar-refractivity contribution in [2.45, 2.75) is 0 Å². The minimum Gasteiger partial charge on any atom is -0.263 e. The molecule has 16 nitrogen and oxygen atoms in total. The van der Waals surface area contributed by atoms with Crippen LogP contribution in [0.25, 0.3) is 11.1 Å². The lowest BCUT2D eigenvalue weighted by molar-refractivity contribution is -0.385. The Balaban J connectivity index is 0.00000283. The standard InChI is InChI=1S/C40H32N10O6.2ClH/c1-55-49-43(39(29-13-5-3-6-14-29)41-45(49)31-21-25-33(26-22-31)47(51)52)37-19-11-9-17-35(37)36-18-10-12-20-38(36)44-40(30-15-7-4-8-16-30)42-46(50(44)56-2)32-23-27-34(28-24-32)48(53)54;;/h3-28H,1-2H3;2*1H. The first-order chi connectivity index (χ1) is 27.4. The van der Waals surface area contributed by atoms with Gasteiger partial charge in [0, 0.05) is 57.1 Å². The molecule has 18 heteroatoms. The van der Waals surface area contributed by atoms with Gasteiger partial charge in [-0.05, 0) is 36.4 Å². The Kier molecular flexibility index (Phi) is 12.3. The number of nitrogens with zero attached hydrogens (tertiary/aromatic N) is 10. The van der Waals surface area contributed by atoms with E-state index in [-0.39, 0.29) is 36.2 Å². The summed E-state index contributed by atoms with van der Waals surface area (Å²) in [5.41, 5.74) is 5.41. The summed E-state index contributed by atoms with van der Waals surface area (Å²) in [6.45, 7) is 0. The lowest BCUT2D eigenvalue weighted by Crippen LogP contribution is -2.48. The Bertz CT molecular complexity index is 2290. The van der Waals surface area contributed by atoms with E-state index in [1.165, 1.54) is 59.3 Å². The molecule has 294 valence electrons. The van der Waals surface area contributed by atoms with Crippen molar-refractivity contribution in [2.24, 2.45) is 10.2 Å². The second-order valence-electron chi connectivity index (χ2n) is 12.2. The third-order valence-corrected chi connectivity index (χ3v) is 8.97. The SMILES string of the molecule is CON1N(c2ccc([N+](=O)[O-])cc2)N=C(c2ccccc2)N1c1ccccc1-c1ccccc1N1C(c2ccccc2)=NN(c2ccc([N+](=O)[O-])cc2)N1OC.Cl.Cl. The maximum Gasteiger partial charge on any atom is 0.269 e. The van der Waals surface area contributed by atoms with Gasteiger partial charge in [-0.25, -0.2) is 10.0 Å². The average molecular weight is 822 g/mol. The van der Waals surface area contributed by atoms with Gasteiger partial charge in [0.15, 0.2) is 11.7 Å². The smallest absolute Gasteiger partial charge is 0.263 e.